The van der Waals surface area contributed by atoms with E-state index in [2.05, 4.69) is 5.32 Å². The lowest BCUT2D eigenvalue weighted by Crippen LogP contribution is -2.34. The van der Waals surface area contributed by atoms with Crippen LogP contribution < -0.4 is 10.6 Å². The van der Waals surface area contributed by atoms with Crippen LogP contribution in [-0.2, 0) is 9.59 Å². The van der Waals surface area contributed by atoms with E-state index in [0.717, 1.165) is 6.07 Å². The number of anilines is 1. The van der Waals surface area contributed by atoms with E-state index in [9.17, 15) is 18.8 Å². The first-order valence-corrected chi connectivity index (χ1v) is 5.46. The van der Waals surface area contributed by atoms with Crippen molar-refractivity contribution < 1.29 is 23.9 Å². The van der Waals surface area contributed by atoms with Gasteiger partial charge in [0.2, 0.25) is 5.91 Å². The summed E-state index contributed by atoms with van der Waals surface area (Å²) >= 11 is 0. The van der Waals surface area contributed by atoms with Crippen LogP contribution in [0, 0.1) is 12.7 Å². The molecule has 3 amide bonds. The van der Waals surface area contributed by atoms with E-state index in [1.54, 1.807) is 6.92 Å². The maximum Gasteiger partial charge on any atom is 0.325 e. The molecule has 1 aromatic carbocycles. The number of carbonyl (C=O) groups excluding carboxylic acids is 2. The lowest BCUT2D eigenvalue weighted by Gasteiger charge is -2.07. The molecule has 0 spiro atoms. The van der Waals surface area contributed by atoms with Gasteiger partial charge < -0.3 is 10.4 Å². The molecule has 102 valence electrons. The topological polar surface area (TPSA) is 95.5 Å². The number of nitrogens with one attached hydrogen (secondary N) is 2. The number of hydrogen-bond acceptors (Lipinski definition) is 3. The molecule has 0 saturated carbocycles. The van der Waals surface area contributed by atoms with Gasteiger partial charge in [-0.1, -0.05) is 0 Å². The van der Waals surface area contributed by atoms with Crippen LogP contribution >= 0.6 is 0 Å². The first kappa shape index (κ1) is 14.6. The Labute approximate surface area is 108 Å². The first-order valence-electron chi connectivity index (χ1n) is 5.46. The molecule has 0 aliphatic carbocycles. The molecular weight excluding hydrogens is 255 g/mol. The molecule has 0 aliphatic heterocycles. The highest BCUT2D eigenvalue weighted by Gasteiger charge is 2.10. The molecule has 19 heavy (non-hydrogen) atoms. The van der Waals surface area contributed by atoms with E-state index in [0.29, 0.717) is 5.56 Å². The highest BCUT2D eigenvalue weighted by Crippen LogP contribution is 2.12. The van der Waals surface area contributed by atoms with Gasteiger partial charge >= 0.3 is 12.0 Å². The van der Waals surface area contributed by atoms with Crippen LogP contribution in [0.1, 0.15) is 18.4 Å². The first-order chi connectivity index (χ1) is 8.86. The molecule has 6 nitrogen and oxygen atoms in total. The van der Waals surface area contributed by atoms with Crippen molar-refractivity contribution in [3.63, 3.8) is 0 Å². The maximum atomic E-state index is 13.0. The minimum absolute atomic E-state index is 0.209. The Morgan fingerprint density at radius 1 is 1.21 bits per heavy atom. The van der Waals surface area contributed by atoms with Gasteiger partial charge in [0.1, 0.15) is 5.82 Å². The monoisotopic (exact) mass is 268 g/mol. The van der Waals surface area contributed by atoms with Crippen LogP contribution in [-0.4, -0.2) is 23.0 Å². The number of urea groups is 1. The zero-order chi connectivity index (χ0) is 14.4. The number of carboxylic acids is 1. The molecule has 1 aromatic rings. The minimum atomic E-state index is -1.13. The zero-order valence-electron chi connectivity index (χ0n) is 10.2. The summed E-state index contributed by atoms with van der Waals surface area (Å²) in [6, 6.07) is 3.10. The third-order valence-corrected chi connectivity index (χ3v) is 2.12. The second-order valence-electron chi connectivity index (χ2n) is 3.91. The van der Waals surface area contributed by atoms with E-state index < -0.39 is 23.7 Å². The van der Waals surface area contributed by atoms with E-state index in [1.807, 2.05) is 5.32 Å². The molecule has 3 N–H and O–H groups in total. The third-order valence-electron chi connectivity index (χ3n) is 2.12. The number of rotatable bonds is 4. The summed E-state index contributed by atoms with van der Waals surface area (Å²) in [5, 5.41) is 12.6. The van der Waals surface area contributed by atoms with Gasteiger partial charge in [-0.05, 0) is 30.7 Å². The van der Waals surface area contributed by atoms with Crippen molar-refractivity contribution in [3.8, 4) is 0 Å². The number of halogens is 1. The Bertz CT molecular complexity index is 496. The molecule has 7 heteroatoms. The molecule has 0 aromatic heterocycles. The van der Waals surface area contributed by atoms with Crippen LogP contribution in [0.2, 0.25) is 0 Å². The van der Waals surface area contributed by atoms with E-state index in [-0.39, 0.29) is 18.5 Å². The molecule has 0 heterocycles. The lowest BCUT2D eigenvalue weighted by molar-refractivity contribution is -0.138. The summed E-state index contributed by atoms with van der Waals surface area (Å²) in [6.07, 6.45) is -0.664. The summed E-state index contributed by atoms with van der Waals surface area (Å²) < 4.78 is 13.0. The van der Waals surface area contributed by atoms with Gasteiger partial charge in [0, 0.05) is 12.1 Å². The van der Waals surface area contributed by atoms with E-state index in [1.165, 1.54) is 12.1 Å². The van der Waals surface area contributed by atoms with Gasteiger partial charge in [-0.15, -0.1) is 0 Å². The van der Waals surface area contributed by atoms with Crippen molar-refractivity contribution in [3.05, 3.63) is 29.6 Å². The minimum Gasteiger partial charge on any atom is -0.481 e. The number of imide groups is 1. The van der Waals surface area contributed by atoms with Crippen molar-refractivity contribution in [2.24, 2.45) is 0 Å². The summed E-state index contributed by atoms with van der Waals surface area (Å²) in [4.78, 5) is 32.8. The summed E-state index contributed by atoms with van der Waals surface area (Å²) in [5.41, 5.74) is 0.827. The number of benzene rings is 1. The Kier molecular flexibility index (Phi) is 4.99. The standard InChI is InChI=1S/C12H13FN2O4/c1-7-4-8(13)6-9(5-7)14-12(19)15-10(16)2-3-11(17)18/h4-6H,2-3H2,1H3,(H,17,18)(H2,14,15,16,19). The number of amides is 3. The molecule has 0 bridgehead atoms. The van der Waals surface area contributed by atoms with E-state index >= 15 is 0 Å². The van der Waals surface area contributed by atoms with Crippen LogP contribution in [0.4, 0.5) is 14.9 Å². The highest BCUT2D eigenvalue weighted by atomic mass is 19.1. The van der Waals surface area contributed by atoms with Crippen LogP contribution in [0.25, 0.3) is 0 Å². The molecule has 0 radical (unpaired) electrons. The van der Waals surface area contributed by atoms with Crippen LogP contribution in [0.15, 0.2) is 18.2 Å². The second-order valence-corrected chi connectivity index (χ2v) is 3.91. The number of aryl methyl sites for hydroxylation is 1. The molecule has 1 rings (SSSR count). The zero-order valence-corrected chi connectivity index (χ0v) is 10.2. The Balaban J connectivity index is 2.51. The molecule has 0 atom stereocenters. The lowest BCUT2D eigenvalue weighted by atomic mass is 10.2. The number of aliphatic carboxylic acids is 1. The fraction of sp³-hybridized carbons (Fsp3) is 0.250. The van der Waals surface area contributed by atoms with Crippen molar-refractivity contribution >= 4 is 23.6 Å². The molecule has 0 unspecified atom stereocenters. The number of carboxylic acid groups (broad SMARTS) is 1. The predicted molar refractivity (Wildman–Crippen MR) is 65.2 cm³/mol. The molecule has 0 saturated heterocycles. The molecular formula is C12H13FN2O4. The van der Waals surface area contributed by atoms with Crippen LogP contribution in [0.3, 0.4) is 0 Å². The maximum absolute atomic E-state index is 13.0. The van der Waals surface area contributed by atoms with Gasteiger partial charge in [0.05, 0.1) is 6.42 Å². The van der Waals surface area contributed by atoms with Crippen molar-refractivity contribution in [2.75, 3.05) is 5.32 Å². The normalized spacial score (nSPS) is 9.79. The van der Waals surface area contributed by atoms with Crippen molar-refractivity contribution in [1.29, 1.82) is 0 Å². The van der Waals surface area contributed by atoms with Gasteiger partial charge in [0.25, 0.3) is 0 Å². The summed E-state index contributed by atoms with van der Waals surface area (Å²) in [5.74, 6) is -2.35. The van der Waals surface area contributed by atoms with Gasteiger partial charge in [0.15, 0.2) is 0 Å². The molecule has 0 aliphatic rings. The van der Waals surface area contributed by atoms with Crippen molar-refractivity contribution in [2.45, 2.75) is 19.8 Å². The Hall–Kier alpha value is -2.44. The number of hydrogen-bond donors (Lipinski definition) is 3. The fourth-order valence-corrected chi connectivity index (χ4v) is 1.38. The van der Waals surface area contributed by atoms with Crippen molar-refractivity contribution in [1.82, 2.24) is 5.32 Å². The summed E-state index contributed by atoms with van der Waals surface area (Å²) in [6.45, 7) is 1.66. The quantitative estimate of drug-likeness (QED) is 0.773. The third kappa shape index (κ3) is 5.62. The van der Waals surface area contributed by atoms with Gasteiger partial charge in [-0.2, -0.15) is 0 Å². The highest BCUT2D eigenvalue weighted by molar-refractivity contribution is 6.01. The Morgan fingerprint density at radius 2 is 1.89 bits per heavy atom. The SMILES string of the molecule is Cc1cc(F)cc(NC(=O)NC(=O)CCC(=O)O)c1. The number of carbonyl (C=O) groups is 3. The largest absolute Gasteiger partial charge is 0.481 e. The average Bonchev–Trinajstić information content (AvgIpc) is 2.24. The average molecular weight is 268 g/mol. The van der Waals surface area contributed by atoms with E-state index in [4.69, 9.17) is 5.11 Å². The van der Waals surface area contributed by atoms with Gasteiger partial charge in [-0.3, -0.25) is 14.9 Å². The summed E-state index contributed by atoms with van der Waals surface area (Å²) in [7, 11) is 0. The molecule has 0 fully saturated rings. The Morgan fingerprint density at radius 3 is 2.47 bits per heavy atom. The van der Waals surface area contributed by atoms with Crippen LogP contribution in [0.5, 0.6) is 0 Å². The predicted octanol–water partition coefficient (Wildman–Crippen LogP) is 1.65. The van der Waals surface area contributed by atoms with Gasteiger partial charge in [-0.25, -0.2) is 9.18 Å². The fourth-order valence-electron chi connectivity index (χ4n) is 1.38. The second kappa shape index (κ2) is 6.48. The smallest absolute Gasteiger partial charge is 0.325 e.